The molecule has 0 aliphatic carbocycles. The van der Waals surface area contributed by atoms with Crippen LogP contribution in [0.15, 0.2) is 58.2 Å². The molecular weight excluding hydrogens is 334 g/mol. The van der Waals surface area contributed by atoms with Crippen molar-refractivity contribution in [2.45, 2.75) is 18.4 Å². The Kier molecular flexibility index (Phi) is 4.05. The molecule has 1 aliphatic rings. The Labute approximate surface area is 149 Å². The second kappa shape index (κ2) is 6.37. The van der Waals surface area contributed by atoms with E-state index in [1.807, 2.05) is 49.4 Å². The van der Waals surface area contributed by atoms with Crippen LogP contribution in [-0.4, -0.2) is 28.0 Å². The van der Waals surface area contributed by atoms with Gasteiger partial charge in [0.1, 0.15) is 6.54 Å². The minimum atomic E-state index is -0.228. The zero-order chi connectivity index (χ0) is 17.4. The van der Waals surface area contributed by atoms with Crippen molar-refractivity contribution in [3.05, 3.63) is 64.6 Å². The van der Waals surface area contributed by atoms with Crippen molar-refractivity contribution in [2.24, 2.45) is 0 Å². The number of benzene rings is 2. The predicted molar refractivity (Wildman–Crippen MR) is 100 cm³/mol. The van der Waals surface area contributed by atoms with Crippen molar-refractivity contribution in [3.63, 3.8) is 0 Å². The van der Waals surface area contributed by atoms with Crippen molar-refractivity contribution >= 4 is 34.1 Å². The largest absolute Gasteiger partial charge is 0.309 e. The van der Waals surface area contributed by atoms with E-state index in [0.717, 1.165) is 27.4 Å². The second-order valence-corrected chi connectivity index (χ2v) is 7.09. The first-order valence-corrected chi connectivity index (χ1v) is 9.12. The van der Waals surface area contributed by atoms with Gasteiger partial charge in [0.15, 0.2) is 0 Å². The quantitative estimate of drug-likeness (QED) is 0.712. The number of thioether (sulfide) groups is 1. The molecule has 4 rings (SSSR count). The number of nitrogens with zero attached hydrogens (tertiary/aromatic N) is 3. The second-order valence-electron chi connectivity index (χ2n) is 5.96. The van der Waals surface area contributed by atoms with E-state index < -0.39 is 0 Å². The third-order valence-electron chi connectivity index (χ3n) is 4.37. The van der Waals surface area contributed by atoms with Gasteiger partial charge in [0.05, 0.1) is 16.8 Å². The average Bonchev–Trinajstić information content (AvgIpc) is 2.65. The number of rotatable bonds is 2. The van der Waals surface area contributed by atoms with Crippen molar-refractivity contribution in [1.29, 1.82) is 0 Å². The minimum Gasteiger partial charge on any atom is -0.309 e. The van der Waals surface area contributed by atoms with Gasteiger partial charge in [0.2, 0.25) is 5.91 Å². The van der Waals surface area contributed by atoms with Crippen molar-refractivity contribution < 1.29 is 4.79 Å². The van der Waals surface area contributed by atoms with Crippen LogP contribution in [0.25, 0.3) is 10.8 Å². The summed E-state index contributed by atoms with van der Waals surface area (Å²) in [5, 5.41) is 5.77. The number of hydrogen-bond donors (Lipinski definition) is 0. The summed E-state index contributed by atoms with van der Waals surface area (Å²) < 4.78 is 1.28. The highest BCUT2D eigenvalue weighted by molar-refractivity contribution is 7.99. The van der Waals surface area contributed by atoms with Crippen LogP contribution in [0.5, 0.6) is 0 Å². The number of para-hydroxylation sites is 1. The minimum absolute atomic E-state index is 0.0521. The van der Waals surface area contributed by atoms with Crippen LogP contribution < -0.4 is 10.5 Å². The molecule has 0 unspecified atom stereocenters. The molecule has 0 atom stereocenters. The third kappa shape index (κ3) is 2.82. The van der Waals surface area contributed by atoms with Gasteiger partial charge in [0, 0.05) is 22.6 Å². The summed E-state index contributed by atoms with van der Waals surface area (Å²) in [6, 6.07) is 15.2. The molecule has 0 spiro atoms. The number of amides is 1. The van der Waals surface area contributed by atoms with Crippen molar-refractivity contribution in [2.75, 3.05) is 17.2 Å². The highest BCUT2D eigenvalue weighted by Crippen LogP contribution is 2.34. The zero-order valence-electron chi connectivity index (χ0n) is 13.8. The van der Waals surface area contributed by atoms with E-state index in [-0.39, 0.29) is 18.0 Å². The Morgan fingerprint density at radius 3 is 2.68 bits per heavy atom. The molecule has 126 valence electrons. The first-order chi connectivity index (χ1) is 12.1. The molecule has 1 amide bonds. The van der Waals surface area contributed by atoms with Crippen LogP contribution >= 0.6 is 11.8 Å². The van der Waals surface area contributed by atoms with E-state index in [9.17, 15) is 9.59 Å². The van der Waals surface area contributed by atoms with Crippen molar-refractivity contribution in [3.8, 4) is 0 Å². The SMILES string of the molecule is Cc1nn(CC(=O)N2CCSc3ccccc32)c(=O)c2ccccc12. The van der Waals surface area contributed by atoms with Crippen LogP contribution in [0.4, 0.5) is 5.69 Å². The fourth-order valence-electron chi connectivity index (χ4n) is 3.15. The van der Waals surface area contributed by atoms with Crippen LogP contribution in [0, 0.1) is 6.92 Å². The summed E-state index contributed by atoms with van der Waals surface area (Å²) >= 11 is 1.75. The molecule has 2 heterocycles. The van der Waals surface area contributed by atoms with E-state index >= 15 is 0 Å². The van der Waals surface area contributed by atoms with Gasteiger partial charge >= 0.3 is 0 Å². The molecule has 0 fully saturated rings. The average molecular weight is 351 g/mol. The molecule has 0 radical (unpaired) electrons. The summed E-state index contributed by atoms with van der Waals surface area (Å²) in [6.07, 6.45) is 0. The summed E-state index contributed by atoms with van der Waals surface area (Å²) in [4.78, 5) is 28.4. The van der Waals surface area contributed by atoms with E-state index in [1.165, 1.54) is 4.68 Å². The maximum Gasteiger partial charge on any atom is 0.275 e. The number of aryl methyl sites for hydroxylation is 1. The fraction of sp³-hybridized carbons (Fsp3) is 0.211. The molecule has 1 aromatic heterocycles. The molecule has 5 nitrogen and oxygen atoms in total. The van der Waals surface area contributed by atoms with E-state index in [2.05, 4.69) is 5.10 Å². The maximum atomic E-state index is 12.8. The molecule has 25 heavy (non-hydrogen) atoms. The number of hydrogen-bond acceptors (Lipinski definition) is 4. The van der Waals surface area contributed by atoms with Crippen LogP contribution in [0.2, 0.25) is 0 Å². The molecule has 0 bridgehead atoms. The smallest absolute Gasteiger partial charge is 0.275 e. The molecule has 3 aromatic rings. The van der Waals surface area contributed by atoms with E-state index in [4.69, 9.17) is 0 Å². The summed E-state index contributed by atoms with van der Waals surface area (Å²) in [5.41, 5.74) is 1.43. The highest BCUT2D eigenvalue weighted by Gasteiger charge is 2.23. The maximum absolute atomic E-state index is 12.8. The summed E-state index contributed by atoms with van der Waals surface area (Å²) in [6.45, 7) is 2.45. The Bertz CT molecular complexity index is 1030. The van der Waals surface area contributed by atoms with Gasteiger partial charge in [-0.3, -0.25) is 9.59 Å². The lowest BCUT2D eigenvalue weighted by molar-refractivity contribution is -0.119. The van der Waals surface area contributed by atoms with Gasteiger partial charge in [-0.25, -0.2) is 4.68 Å². The van der Waals surface area contributed by atoms with E-state index in [0.29, 0.717) is 11.9 Å². The number of anilines is 1. The summed E-state index contributed by atoms with van der Waals surface area (Å²) in [5.74, 6) is 0.735. The monoisotopic (exact) mass is 351 g/mol. The molecule has 0 N–H and O–H groups in total. The normalized spacial score (nSPS) is 13.7. The lowest BCUT2D eigenvalue weighted by atomic mass is 10.1. The molecule has 0 saturated heterocycles. The lowest BCUT2D eigenvalue weighted by Gasteiger charge is -2.29. The Balaban J connectivity index is 1.70. The van der Waals surface area contributed by atoms with Gasteiger partial charge in [-0.05, 0) is 25.1 Å². The van der Waals surface area contributed by atoms with Crippen LogP contribution in [-0.2, 0) is 11.3 Å². The molecule has 2 aromatic carbocycles. The van der Waals surface area contributed by atoms with Gasteiger partial charge in [-0.1, -0.05) is 30.3 Å². The predicted octanol–water partition coefficient (Wildman–Crippen LogP) is 2.84. The molecule has 0 saturated carbocycles. The highest BCUT2D eigenvalue weighted by atomic mass is 32.2. The third-order valence-corrected chi connectivity index (χ3v) is 5.41. The van der Waals surface area contributed by atoms with Gasteiger partial charge in [-0.2, -0.15) is 5.10 Å². The fourth-order valence-corrected chi connectivity index (χ4v) is 4.15. The molecular formula is C19H17N3O2S. The van der Waals surface area contributed by atoms with Crippen LogP contribution in [0.1, 0.15) is 5.69 Å². The Hall–Kier alpha value is -2.60. The topological polar surface area (TPSA) is 55.2 Å². The molecule has 6 heteroatoms. The number of carbonyl (C=O) groups excluding carboxylic acids is 1. The van der Waals surface area contributed by atoms with Crippen molar-refractivity contribution in [1.82, 2.24) is 9.78 Å². The first-order valence-electron chi connectivity index (χ1n) is 8.14. The van der Waals surface area contributed by atoms with Crippen LogP contribution in [0.3, 0.4) is 0 Å². The lowest BCUT2D eigenvalue weighted by Crippen LogP contribution is -2.40. The standard InChI is InChI=1S/C19H17N3O2S/c1-13-14-6-2-3-7-15(14)19(24)22(20-13)12-18(23)21-10-11-25-17-9-5-4-8-16(17)21/h2-9H,10-12H2,1H3. The Morgan fingerprint density at radius 2 is 1.84 bits per heavy atom. The molecule has 1 aliphatic heterocycles. The first kappa shape index (κ1) is 15.9. The number of carbonyl (C=O) groups is 1. The summed E-state index contributed by atoms with van der Waals surface area (Å²) in [7, 11) is 0. The zero-order valence-corrected chi connectivity index (χ0v) is 14.6. The number of fused-ring (bicyclic) bond motifs is 2. The Morgan fingerprint density at radius 1 is 1.12 bits per heavy atom. The van der Waals surface area contributed by atoms with Gasteiger partial charge in [0.25, 0.3) is 5.56 Å². The van der Waals surface area contributed by atoms with Gasteiger partial charge < -0.3 is 4.90 Å². The van der Waals surface area contributed by atoms with Gasteiger partial charge in [-0.15, -0.1) is 11.8 Å². The van der Waals surface area contributed by atoms with E-state index in [1.54, 1.807) is 22.7 Å². The number of aromatic nitrogens is 2.